The average Bonchev–Trinajstić information content (AvgIpc) is 3.13. The van der Waals surface area contributed by atoms with Gasteiger partial charge in [0, 0.05) is 41.2 Å². The lowest BCUT2D eigenvalue weighted by atomic mass is 10.1. The Balaban J connectivity index is 1.80. The van der Waals surface area contributed by atoms with Crippen molar-refractivity contribution in [3.05, 3.63) is 69.3 Å². The molecule has 0 amide bonds. The number of aromatic nitrogens is 2. The summed E-state index contributed by atoms with van der Waals surface area (Å²) < 4.78 is 25.6. The summed E-state index contributed by atoms with van der Waals surface area (Å²) in [6.45, 7) is 0. The third-order valence-electron chi connectivity index (χ3n) is 4.51. The van der Waals surface area contributed by atoms with Gasteiger partial charge < -0.3 is 4.98 Å². The molecule has 2 aromatic carbocycles. The summed E-state index contributed by atoms with van der Waals surface area (Å²) in [5, 5.41) is 2.91. The molecule has 148 valence electrons. The predicted molar refractivity (Wildman–Crippen MR) is 117 cm³/mol. The van der Waals surface area contributed by atoms with E-state index in [0.29, 0.717) is 26.6 Å². The van der Waals surface area contributed by atoms with E-state index in [1.54, 1.807) is 18.2 Å². The maximum Gasteiger partial charge on any atom is 0.260 e. The number of benzene rings is 2. The molecule has 0 aliphatic rings. The van der Waals surface area contributed by atoms with Crippen LogP contribution < -0.4 is 5.56 Å². The molecule has 6 nitrogen and oxygen atoms in total. The standard InChI is InChI=1S/C20H16ClN3O3S2/c1-24(2)29(26,27)13-9-7-12(8-10-13)18-22-19(25)17-15(11-28-20(17)23-18)14-5-3-4-6-16(14)21/h3-11H,1-2H3,(H,22,23,25). The first-order chi connectivity index (χ1) is 13.8. The molecule has 1 N–H and O–H groups in total. The van der Waals surface area contributed by atoms with E-state index >= 15 is 0 Å². The minimum absolute atomic E-state index is 0.173. The first-order valence-corrected chi connectivity index (χ1v) is 11.3. The van der Waals surface area contributed by atoms with Crippen LogP contribution in [0.3, 0.4) is 0 Å². The fourth-order valence-corrected chi connectivity index (χ4v) is 5.04. The van der Waals surface area contributed by atoms with E-state index in [2.05, 4.69) is 9.97 Å². The minimum Gasteiger partial charge on any atom is -0.306 e. The fraction of sp³-hybridized carbons (Fsp3) is 0.100. The van der Waals surface area contributed by atoms with E-state index in [0.717, 1.165) is 15.4 Å². The Morgan fingerprint density at radius 3 is 2.38 bits per heavy atom. The van der Waals surface area contributed by atoms with E-state index in [4.69, 9.17) is 11.6 Å². The number of hydrogen-bond acceptors (Lipinski definition) is 5. The van der Waals surface area contributed by atoms with Crippen LogP contribution in [0.4, 0.5) is 0 Å². The van der Waals surface area contributed by atoms with Gasteiger partial charge in [0.05, 0.1) is 10.3 Å². The van der Waals surface area contributed by atoms with Crippen molar-refractivity contribution in [2.45, 2.75) is 4.90 Å². The van der Waals surface area contributed by atoms with Gasteiger partial charge in [-0.15, -0.1) is 11.3 Å². The van der Waals surface area contributed by atoms with Gasteiger partial charge in [-0.25, -0.2) is 17.7 Å². The van der Waals surface area contributed by atoms with Crippen molar-refractivity contribution in [1.82, 2.24) is 14.3 Å². The van der Waals surface area contributed by atoms with Gasteiger partial charge in [-0.3, -0.25) is 4.79 Å². The highest BCUT2D eigenvalue weighted by Gasteiger charge is 2.18. The lowest BCUT2D eigenvalue weighted by molar-refractivity contribution is 0.521. The Hall–Kier alpha value is -2.52. The van der Waals surface area contributed by atoms with Crippen molar-refractivity contribution in [3.8, 4) is 22.5 Å². The van der Waals surface area contributed by atoms with Crippen LogP contribution in [0.2, 0.25) is 5.02 Å². The second-order valence-corrected chi connectivity index (χ2v) is 9.95. The van der Waals surface area contributed by atoms with Gasteiger partial charge in [-0.2, -0.15) is 0 Å². The summed E-state index contributed by atoms with van der Waals surface area (Å²) in [6, 6.07) is 13.6. The Morgan fingerprint density at radius 1 is 1.03 bits per heavy atom. The van der Waals surface area contributed by atoms with Gasteiger partial charge in [0.1, 0.15) is 10.7 Å². The van der Waals surface area contributed by atoms with Gasteiger partial charge in [0.2, 0.25) is 10.0 Å². The molecule has 0 aliphatic carbocycles. The van der Waals surface area contributed by atoms with Crippen molar-refractivity contribution in [2.24, 2.45) is 0 Å². The highest BCUT2D eigenvalue weighted by Crippen LogP contribution is 2.35. The normalized spacial score (nSPS) is 12.0. The molecule has 0 aliphatic heterocycles. The quantitative estimate of drug-likeness (QED) is 0.509. The Kier molecular flexibility index (Phi) is 5.04. The molecule has 0 unspecified atom stereocenters. The third kappa shape index (κ3) is 3.49. The Labute approximate surface area is 176 Å². The predicted octanol–water partition coefficient (Wildman–Crippen LogP) is 4.22. The van der Waals surface area contributed by atoms with Crippen LogP contribution >= 0.6 is 22.9 Å². The van der Waals surface area contributed by atoms with Crippen LogP contribution in [0.15, 0.2) is 63.6 Å². The Morgan fingerprint density at radius 2 is 1.72 bits per heavy atom. The number of rotatable bonds is 4. The molecule has 0 spiro atoms. The van der Waals surface area contributed by atoms with E-state index in [-0.39, 0.29) is 10.5 Å². The molecule has 4 aromatic rings. The van der Waals surface area contributed by atoms with Crippen LogP contribution in [-0.4, -0.2) is 36.8 Å². The van der Waals surface area contributed by atoms with Crippen molar-refractivity contribution >= 4 is 43.2 Å². The van der Waals surface area contributed by atoms with Gasteiger partial charge in [0.25, 0.3) is 5.56 Å². The van der Waals surface area contributed by atoms with Gasteiger partial charge >= 0.3 is 0 Å². The highest BCUT2D eigenvalue weighted by atomic mass is 35.5. The number of H-pyrrole nitrogens is 1. The topological polar surface area (TPSA) is 83.1 Å². The number of nitrogens with zero attached hydrogens (tertiary/aromatic N) is 2. The number of halogens is 1. The van der Waals surface area contributed by atoms with Crippen LogP contribution in [0.25, 0.3) is 32.7 Å². The second kappa shape index (κ2) is 7.38. The molecule has 0 atom stereocenters. The average molecular weight is 446 g/mol. The molecule has 9 heteroatoms. The second-order valence-electron chi connectivity index (χ2n) is 6.54. The maximum atomic E-state index is 12.8. The van der Waals surface area contributed by atoms with E-state index < -0.39 is 10.0 Å². The summed E-state index contributed by atoms with van der Waals surface area (Å²) in [4.78, 5) is 20.9. The molecule has 29 heavy (non-hydrogen) atoms. The van der Waals surface area contributed by atoms with E-state index in [1.807, 2.05) is 23.6 Å². The summed E-state index contributed by atoms with van der Waals surface area (Å²) in [7, 11) is -0.568. The van der Waals surface area contributed by atoms with Crippen LogP contribution in [-0.2, 0) is 10.0 Å². The van der Waals surface area contributed by atoms with Crippen molar-refractivity contribution in [3.63, 3.8) is 0 Å². The number of nitrogens with one attached hydrogen (secondary N) is 1. The lowest BCUT2D eigenvalue weighted by Gasteiger charge is -2.11. The summed E-state index contributed by atoms with van der Waals surface area (Å²) in [5.41, 5.74) is 1.86. The van der Waals surface area contributed by atoms with Gasteiger partial charge in [0.15, 0.2) is 0 Å². The largest absolute Gasteiger partial charge is 0.306 e. The molecule has 0 bridgehead atoms. The van der Waals surface area contributed by atoms with Crippen LogP contribution in [0.1, 0.15) is 0 Å². The summed E-state index contributed by atoms with van der Waals surface area (Å²) in [6.07, 6.45) is 0. The molecule has 0 saturated carbocycles. The number of hydrogen-bond donors (Lipinski definition) is 1. The number of aromatic amines is 1. The third-order valence-corrected chi connectivity index (χ3v) is 7.55. The van der Waals surface area contributed by atoms with Crippen LogP contribution in [0, 0.1) is 0 Å². The fourth-order valence-electron chi connectivity index (χ4n) is 2.96. The smallest absolute Gasteiger partial charge is 0.260 e. The minimum atomic E-state index is -3.52. The molecule has 4 rings (SSSR count). The lowest BCUT2D eigenvalue weighted by Crippen LogP contribution is -2.22. The monoisotopic (exact) mass is 445 g/mol. The van der Waals surface area contributed by atoms with Crippen molar-refractivity contribution in [1.29, 1.82) is 0 Å². The zero-order valence-electron chi connectivity index (χ0n) is 15.5. The van der Waals surface area contributed by atoms with Crippen molar-refractivity contribution < 1.29 is 8.42 Å². The number of sulfonamides is 1. The first kappa shape index (κ1) is 19.8. The zero-order valence-corrected chi connectivity index (χ0v) is 17.9. The van der Waals surface area contributed by atoms with Gasteiger partial charge in [-0.1, -0.05) is 29.8 Å². The SMILES string of the molecule is CN(C)S(=O)(=O)c1ccc(-c2nc3scc(-c4ccccc4Cl)c3c(=O)[nH]2)cc1. The molecule has 2 aromatic heterocycles. The van der Waals surface area contributed by atoms with Crippen molar-refractivity contribution in [2.75, 3.05) is 14.1 Å². The molecule has 0 saturated heterocycles. The molecular weight excluding hydrogens is 430 g/mol. The molecule has 0 radical (unpaired) electrons. The zero-order chi connectivity index (χ0) is 20.8. The molecule has 2 heterocycles. The van der Waals surface area contributed by atoms with E-state index in [9.17, 15) is 13.2 Å². The van der Waals surface area contributed by atoms with Gasteiger partial charge in [-0.05, 0) is 30.3 Å². The Bertz CT molecular complexity index is 1370. The highest BCUT2D eigenvalue weighted by molar-refractivity contribution is 7.89. The maximum absolute atomic E-state index is 12.8. The molecular formula is C20H16ClN3O3S2. The first-order valence-electron chi connectivity index (χ1n) is 8.58. The number of fused-ring (bicyclic) bond motifs is 1. The van der Waals surface area contributed by atoms with Crippen LogP contribution in [0.5, 0.6) is 0 Å². The summed E-state index contributed by atoms with van der Waals surface area (Å²) in [5.74, 6) is 0.379. The summed E-state index contributed by atoms with van der Waals surface area (Å²) >= 11 is 7.65. The molecule has 0 fully saturated rings. The number of thiophene rings is 1. The van der Waals surface area contributed by atoms with E-state index in [1.165, 1.54) is 37.6 Å².